The Morgan fingerprint density at radius 2 is 1.25 bits per heavy atom. The lowest BCUT2D eigenvalue weighted by atomic mass is 9.83. The van der Waals surface area contributed by atoms with Gasteiger partial charge in [0.2, 0.25) is 0 Å². The molecule has 0 radical (unpaired) electrons. The van der Waals surface area contributed by atoms with E-state index < -0.39 is 0 Å². The second kappa shape index (κ2) is 14.8. The first-order valence-corrected chi connectivity index (χ1v) is 18.2. The van der Waals surface area contributed by atoms with Crippen LogP contribution in [-0.2, 0) is 0 Å². The van der Waals surface area contributed by atoms with Crippen molar-refractivity contribution < 1.29 is 0 Å². The van der Waals surface area contributed by atoms with Crippen molar-refractivity contribution >= 4 is 44.1 Å². The van der Waals surface area contributed by atoms with Gasteiger partial charge in [-0.3, -0.25) is 0 Å². The molecule has 4 N–H and O–H groups in total. The largest absolute Gasteiger partial charge is 0.333 e. The van der Waals surface area contributed by atoms with Crippen molar-refractivity contribution in [3.05, 3.63) is 193 Å². The van der Waals surface area contributed by atoms with Crippen LogP contribution in [0.3, 0.4) is 0 Å². The van der Waals surface area contributed by atoms with E-state index in [9.17, 15) is 0 Å². The number of amidine groups is 1. The summed E-state index contributed by atoms with van der Waals surface area (Å²) in [5.41, 5.74) is 21.9. The zero-order valence-corrected chi connectivity index (χ0v) is 30.1. The summed E-state index contributed by atoms with van der Waals surface area (Å²) in [5.74, 6) is 1.00. The Hall–Kier alpha value is -6.27. The second-order valence-corrected chi connectivity index (χ2v) is 13.4. The van der Waals surface area contributed by atoms with Gasteiger partial charge < -0.3 is 20.9 Å². The van der Waals surface area contributed by atoms with E-state index in [0.717, 1.165) is 34.9 Å². The van der Waals surface area contributed by atoms with Crippen LogP contribution < -0.4 is 16.4 Å². The fraction of sp³-hybridized carbons (Fsp3) is 0.104. The Balaban J connectivity index is 0.00000197. The lowest BCUT2D eigenvalue weighted by Crippen LogP contribution is -2.31. The molecule has 0 aliphatic carbocycles. The monoisotopic (exact) mass is 689 g/mol. The summed E-state index contributed by atoms with van der Waals surface area (Å²) < 4.78 is 2.36. The number of fused-ring (bicyclic) bond motifs is 4. The van der Waals surface area contributed by atoms with Gasteiger partial charge in [-0.05, 0) is 77.3 Å². The number of rotatable bonds is 8. The minimum Gasteiger partial charge on any atom is -0.333 e. The van der Waals surface area contributed by atoms with E-state index in [4.69, 9.17) is 10.7 Å². The van der Waals surface area contributed by atoms with Gasteiger partial charge in [0.05, 0.1) is 16.7 Å². The Bertz CT molecular complexity index is 2600. The minimum atomic E-state index is -0.114. The molecule has 0 amide bonds. The third-order valence-electron chi connectivity index (χ3n) is 10.4. The molecule has 53 heavy (non-hydrogen) atoms. The van der Waals surface area contributed by atoms with Crippen molar-refractivity contribution in [1.82, 2.24) is 4.57 Å². The number of aliphatic imine (C=N–C) groups is 1. The van der Waals surface area contributed by atoms with Gasteiger partial charge in [-0.1, -0.05) is 133 Å². The molecule has 7 aromatic carbocycles. The Morgan fingerprint density at radius 1 is 0.623 bits per heavy atom. The summed E-state index contributed by atoms with van der Waals surface area (Å²) in [6, 6.07) is 60.2. The van der Waals surface area contributed by atoms with Gasteiger partial charge in [-0.25, -0.2) is 4.99 Å². The number of nitrogens with two attached hydrogens (primary N) is 2. The highest BCUT2D eigenvalue weighted by atomic mass is 15.2. The number of para-hydroxylation sites is 3. The molecule has 2 unspecified atom stereocenters. The van der Waals surface area contributed by atoms with Crippen molar-refractivity contribution in [2.24, 2.45) is 16.5 Å². The van der Waals surface area contributed by atoms with Crippen molar-refractivity contribution in [2.75, 3.05) is 19.0 Å². The molecule has 1 aliphatic rings. The second-order valence-electron chi connectivity index (χ2n) is 13.4. The van der Waals surface area contributed by atoms with E-state index in [-0.39, 0.29) is 12.0 Å². The van der Waals surface area contributed by atoms with E-state index in [1.807, 2.05) is 6.07 Å². The number of benzene rings is 7. The predicted molar refractivity (Wildman–Crippen MR) is 225 cm³/mol. The van der Waals surface area contributed by atoms with Gasteiger partial charge >= 0.3 is 0 Å². The van der Waals surface area contributed by atoms with Crippen LogP contribution in [-0.4, -0.2) is 24.5 Å². The number of hydrogen-bond donors (Lipinski definition) is 2. The average molecular weight is 690 g/mol. The van der Waals surface area contributed by atoms with Crippen LogP contribution in [0.2, 0.25) is 0 Å². The lowest BCUT2D eigenvalue weighted by molar-refractivity contribution is 0.586. The molecule has 2 heterocycles. The summed E-state index contributed by atoms with van der Waals surface area (Å²) >= 11 is 0. The zero-order chi connectivity index (χ0) is 36.3. The van der Waals surface area contributed by atoms with Gasteiger partial charge in [-0.2, -0.15) is 0 Å². The molecule has 5 nitrogen and oxygen atoms in total. The molecule has 260 valence electrons. The van der Waals surface area contributed by atoms with Gasteiger partial charge in [-0.15, -0.1) is 0 Å². The first kappa shape index (κ1) is 33.9. The maximum atomic E-state index is 6.88. The topological polar surface area (TPSA) is 72.6 Å². The highest BCUT2D eigenvalue weighted by Crippen LogP contribution is 2.42. The smallest absolute Gasteiger partial charge is 0.134 e. The molecule has 0 saturated heterocycles. The average Bonchev–Trinajstić information content (AvgIpc) is 3.54. The van der Waals surface area contributed by atoms with Gasteiger partial charge in [0.15, 0.2) is 0 Å². The summed E-state index contributed by atoms with van der Waals surface area (Å²) in [5, 5.41) is 4.96. The fourth-order valence-corrected chi connectivity index (χ4v) is 7.79. The molecule has 0 saturated carbocycles. The molecule has 1 aromatic heterocycles. The highest BCUT2D eigenvalue weighted by molar-refractivity contribution is 6.13. The van der Waals surface area contributed by atoms with E-state index in [1.54, 1.807) is 0 Å². The predicted octanol–water partition coefficient (Wildman–Crippen LogP) is 10.8. The van der Waals surface area contributed by atoms with Gasteiger partial charge in [0, 0.05) is 52.8 Å². The van der Waals surface area contributed by atoms with Gasteiger partial charge in [0.25, 0.3) is 0 Å². The van der Waals surface area contributed by atoms with Crippen LogP contribution in [0.5, 0.6) is 0 Å². The Labute approximate surface area is 311 Å². The first-order valence-electron chi connectivity index (χ1n) is 18.2. The zero-order valence-electron chi connectivity index (χ0n) is 30.1. The third-order valence-corrected chi connectivity index (χ3v) is 10.4. The number of hydrogen-bond acceptors (Lipinski definition) is 4. The molecule has 0 fully saturated rings. The van der Waals surface area contributed by atoms with E-state index in [2.05, 4.69) is 192 Å². The maximum absolute atomic E-state index is 6.88. The van der Waals surface area contributed by atoms with Crippen LogP contribution in [0.25, 0.3) is 49.4 Å². The number of likely N-dealkylation sites (N-methyl/N-ethyl adjacent to an activating group) is 1. The number of aromatic nitrogens is 1. The van der Waals surface area contributed by atoms with Crippen LogP contribution in [0, 0.1) is 0 Å². The van der Waals surface area contributed by atoms with Crippen LogP contribution in [0.1, 0.15) is 29.5 Å². The minimum absolute atomic E-state index is 0.0584. The normalized spacial score (nSPS) is 13.4. The van der Waals surface area contributed by atoms with Gasteiger partial charge in [0.1, 0.15) is 5.84 Å². The van der Waals surface area contributed by atoms with Crippen molar-refractivity contribution in [3.8, 4) is 16.8 Å². The van der Waals surface area contributed by atoms with Crippen molar-refractivity contribution in [3.63, 3.8) is 0 Å². The number of nitrogens with zero attached hydrogens (tertiary/aromatic N) is 3. The standard InChI is InChI=1S/C47H38N4.CH5N/c1-50(47-31-43(49-47)40(30-42(48)33-16-4-2-5-17-33)38-24-14-18-32-15-8-9-21-36(32)38)44-25-12-10-22-37(44)34-27-28-46-41(29-34)39-23-11-13-26-45(39)51(46)35-19-6-3-7-20-35;1-2/h2-29,31,40,42H,30,48H2,1H3;2H2,1H3. The molecule has 8 aromatic rings. The molecule has 9 rings (SSSR count). The highest BCUT2D eigenvalue weighted by Gasteiger charge is 2.29. The van der Waals surface area contributed by atoms with Crippen LogP contribution in [0.15, 0.2) is 187 Å². The summed E-state index contributed by atoms with van der Waals surface area (Å²) in [7, 11) is 3.62. The van der Waals surface area contributed by atoms with Crippen LogP contribution >= 0.6 is 0 Å². The Kier molecular flexibility index (Phi) is 9.43. The van der Waals surface area contributed by atoms with E-state index >= 15 is 0 Å². The molecule has 2 atom stereocenters. The molecular weight excluding hydrogens is 647 g/mol. The number of anilines is 1. The van der Waals surface area contributed by atoms with E-state index in [1.165, 1.54) is 56.3 Å². The maximum Gasteiger partial charge on any atom is 0.134 e. The van der Waals surface area contributed by atoms with Crippen molar-refractivity contribution in [1.29, 1.82) is 0 Å². The first-order chi connectivity index (χ1) is 26.1. The van der Waals surface area contributed by atoms with E-state index in [0.29, 0.717) is 0 Å². The quantitative estimate of drug-likeness (QED) is 0.167. The third kappa shape index (κ3) is 6.31. The van der Waals surface area contributed by atoms with Crippen LogP contribution in [0.4, 0.5) is 5.69 Å². The Morgan fingerprint density at radius 3 is 2.04 bits per heavy atom. The molecule has 5 heteroatoms. The summed E-state index contributed by atoms with van der Waals surface area (Å²) in [4.78, 5) is 7.45. The summed E-state index contributed by atoms with van der Waals surface area (Å²) in [6.45, 7) is 0. The van der Waals surface area contributed by atoms with Crippen molar-refractivity contribution in [2.45, 2.75) is 18.4 Å². The lowest BCUT2D eigenvalue weighted by Gasteiger charge is -2.31. The molecule has 1 aliphatic heterocycles. The summed E-state index contributed by atoms with van der Waals surface area (Å²) in [6.07, 6.45) is 3.01. The molecule has 0 spiro atoms. The molecular formula is C48H43N5. The fourth-order valence-electron chi connectivity index (χ4n) is 7.79. The molecule has 0 bridgehead atoms. The SMILES string of the molecule is CN.CN(C1=NC(C(CC(N)c2ccccc2)c2cccc3ccccc23)=C1)c1ccccc1-c1ccc2c(c1)c1ccccc1n2-c1ccccc1. The number of allylic oxidation sites excluding steroid dienone is 1.